The lowest BCUT2D eigenvalue weighted by atomic mass is 9.62. The highest BCUT2D eigenvalue weighted by Gasteiger charge is 2.74. The Morgan fingerprint density at radius 3 is 2.68 bits per heavy atom. The normalized spacial score (nSPS) is 37.7. The minimum Gasteiger partial charge on any atom is -0.478 e. The summed E-state index contributed by atoms with van der Waals surface area (Å²) in [7, 11) is 0. The lowest BCUT2D eigenvalue weighted by Crippen LogP contribution is -2.65. The Balaban J connectivity index is 2.07. The highest BCUT2D eigenvalue weighted by atomic mass is 16.6. The lowest BCUT2D eigenvalue weighted by molar-refractivity contribution is -0.235. The molecule has 2 bridgehead atoms. The van der Waals surface area contributed by atoms with Gasteiger partial charge in [0.05, 0.1) is 0 Å². The lowest BCUT2D eigenvalue weighted by Gasteiger charge is -2.54. The van der Waals surface area contributed by atoms with E-state index < -0.39 is 28.6 Å². The molecule has 152 valence electrons. The molecule has 6 nitrogen and oxygen atoms in total. The molecule has 0 unspecified atom stereocenters. The van der Waals surface area contributed by atoms with E-state index in [1.54, 1.807) is 12.2 Å². The van der Waals surface area contributed by atoms with Crippen LogP contribution in [0.4, 0.5) is 0 Å². The summed E-state index contributed by atoms with van der Waals surface area (Å²) in [6, 6.07) is 0. The van der Waals surface area contributed by atoms with Gasteiger partial charge in [0.15, 0.2) is 0 Å². The van der Waals surface area contributed by atoms with Gasteiger partial charge in [0.2, 0.25) is 0 Å². The zero-order chi connectivity index (χ0) is 20.7. The first kappa shape index (κ1) is 20.4. The van der Waals surface area contributed by atoms with E-state index in [9.17, 15) is 14.4 Å². The van der Waals surface area contributed by atoms with Crippen molar-refractivity contribution in [3.05, 3.63) is 35.5 Å². The number of allylic oxidation sites excluding steroid dienone is 4. The molecule has 1 aliphatic heterocycles. The SMILES string of the molecule is CC(=O)O[C@]12CCC(C)=CC[C@]13CC[C@H]2[C@@](C)(C=CC=C(C)C(=O)O)OC3=O. The minimum atomic E-state index is -1.00. The highest BCUT2D eigenvalue weighted by molar-refractivity contribution is 5.86. The third kappa shape index (κ3) is 2.99. The zero-order valence-electron chi connectivity index (χ0n) is 16.9. The summed E-state index contributed by atoms with van der Waals surface area (Å²) in [5.74, 6) is -1.91. The molecule has 0 aromatic heterocycles. The Hall–Kier alpha value is -2.37. The summed E-state index contributed by atoms with van der Waals surface area (Å²) in [5.41, 5.74) is -1.35. The molecule has 1 saturated heterocycles. The van der Waals surface area contributed by atoms with E-state index in [-0.39, 0.29) is 17.5 Å². The van der Waals surface area contributed by atoms with Crippen LogP contribution in [0, 0.1) is 11.3 Å². The van der Waals surface area contributed by atoms with Gasteiger partial charge in [-0.05, 0) is 59.0 Å². The van der Waals surface area contributed by atoms with Crippen LogP contribution < -0.4 is 0 Å². The van der Waals surface area contributed by atoms with Gasteiger partial charge in [-0.2, -0.15) is 0 Å². The molecular formula is C22H28O6. The summed E-state index contributed by atoms with van der Waals surface area (Å²) in [6.45, 7) is 6.75. The number of hydrogen-bond donors (Lipinski definition) is 1. The minimum absolute atomic E-state index is 0.185. The predicted octanol–water partition coefficient (Wildman–Crippen LogP) is 3.72. The van der Waals surface area contributed by atoms with Gasteiger partial charge in [0.25, 0.3) is 0 Å². The number of rotatable bonds is 4. The molecule has 1 N–H and O–H groups in total. The Bertz CT molecular complexity index is 806. The van der Waals surface area contributed by atoms with Crippen LogP contribution in [0.2, 0.25) is 0 Å². The van der Waals surface area contributed by atoms with Crippen molar-refractivity contribution in [2.24, 2.45) is 11.3 Å². The van der Waals surface area contributed by atoms with Crippen molar-refractivity contribution in [3.63, 3.8) is 0 Å². The van der Waals surface area contributed by atoms with Crippen LogP contribution in [0.1, 0.15) is 59.8 Å². The molecule has 1 saturated carbocycles. The van der Waals surface area contributed by atoms with Gasteiger partial charge in [0.1, 0.15) is 16.6 Å². The maximum absolute atomic E-state index is 13.3. The van der Waals surface area contributed by atoms with Crippen LogP contribution in [-0.4, -0.2) is 34.2 Å². The number of carboxylic acids is 1. The van der Waals surface area contributed by atoms with E-state index in [0.717, 1.165) is 6.42 Å². The first-order valence-electron chi connectivity index (χ1n) is 9.74. The molecule has 28 heavy (non-hydrogen) atoms. The summed E-state index contributed by atoms with van der Waals surface area (Å²) in [4.78, 5) is 36.4. The van der Waals surface area contributed by atoms with Gasteiger partial charge in [-0.3, -0.25) is 9.59 Å². The monoisotopic (exact) mass is 388 g/mol. The Morgan fingerprint density at radius 1 is 1.32 bits per heavy atom. The maximum Gasteiger partial charge on any atom is 0.331 e. The van der Waals surface area contributed by atoms with Crippen molar-refractivity contribution in [3.8, 4) is 0 Å². The third-order valence-corrected chi connectivity index (χ3v) is 6.75. The molecule has 6 heteroatoms. The van der Waals surface area contributed by atoms with Crippen LogP contribution in [0.3, 0.4) is 0 Å². The fraction of sp³-hybridized carbons (Fsp3) is 0.591. The Labute approximate surface area is 165 Å². The second-order valence-electron chi connectivity index (χ2n) is 8.50. The van der Waals surface area contributed by atoms with Gasteiger partial charge in [-0.1, -0.05) is 23.8 Å². The molecule has 0 aromatic carbocycles. The molecule has 0 spiro atoms. The number of ether oxygens (including phenoxy) is 2. The summed E-state index contributed by atoms with van der Waals surface area (Å²) in [6.07, 6.45) is 10.1. The van der Waals surface area contributed by atoms with E-state index in [1.807, 2.05) is 13.8 Å². The van der Waals surface area contributed by atoms with Crippen molar-refractivity contribution in [1.29, 1.82) is 0 Å². The number of hydrogen-bond acceptors (Lipinski definition) is 5. The molecule has 3 rings (SSSR count). The quantitative estimate of drug-likeness (QED) is 0.342. The summed E-state index contributed by atoms with van der Waals surface area (Å²) >= 11 is 0. The number of cyclic esters (lactones) is 1. The second-order valence-corrected chi connectivity index (χ2v) is 8.50. The molecule has 3 aliphatic rings. The van der Waals surface area contributed by atoms with Crippen molar-refractivity contribution in [1.82, 2.24) is 0 Å². The molecule has 0 radical (unpaired) electrons. The first-order valence-corrected chi connectivity index (χ1v) is 9.74. The summed E-state index contributed by atoms with van der Waals surface area (Å²) < 4.78 is 11.9. The van der Waals surface area contributed by atoms with E-state index in [0.29, 0.717) is 25.7 Å². The molecule has 1 heterocycles. The van der Waals surface area contributed by atoms with Gasteiger partial charge in [-0.25, -0.2) is 4.79 Å². The number of carbonyl (C=O) groups excluding carboxylic acids is 2. The van der Waals surface area contributed by atoms with Gasteiger partial charge in [-0.15, -0.1) is 0 Å². The summed E-state index contributed by atoms with van der Waals surface area (Å²) in [5, 5.41) is 9.03. The van der Waals surface area contributed by atoms with Crippen LogP contribution in [0.15, 0.2) is 35.5 Å². The number of aliphatic carboxylic acids is 1. The number of carbonyl (C=O) groups is 3. The fourth-order valence-corrected chi connectivity index (χ4v) is 5.25. The molecular weight excluding hydrogens is 360 g/mol. The van der Waals surface area contributed by atoms with Crippen molar-refractivity contribution in [2.75, 3.05) is 0 Å². The van der Waals surface area contributed by atoms with Crippen LogP contribution >= 0.6 is 0 Å². The van der Waals surface area contributed by atoms with Crippen molar-refractivity contribution in [2.45, 2.75) is 71.0 Å². The van der Waals surface area contributed by atoms with E-state index in [1.165, 1.54) is 25.5 Å². The Kier molecular flexibility index (Phi) is 5.02. The van der Waals surface area contributed by atoms with Crippen LogP contribution in [0.25, 0.3) is 0 Å². The molecule has 2 aliphatic carbocycles. The van der Waals surface area contributed by atoms with E-state index >= 15 is 0 Å². The smallest absolute Gasteiger partial charge is 0.331 e. The fourth-order valence-electron chi connectivity index (χ4n) is 5.25. The third-order valence-electron chi connectivity index (χ3n) is 6.75. The zero-order valence-corrected chi connectivity index (χ0v) is 16.9. The molecule has 2 fully saturated rings. The predicted molar refractivity (Wildman–Crippen MR) is 102 cm³/mol. The number of esters is 2. The van der Waals surface area contributed by atoms with Gasteiger partial charge < -0.3 is 14.6 Å². The standard InChI is InChI=1S/C22H28O6/c1-14-7-11-21-12-9-17(22(21,13-8-14)27-16(3)23)20(4,28-19(21)26)10-5-6-15(2)18(24)25/h5-7,10,17H,8-9,11-13H2,1-4H3,(H,24,25)/t17-,20+,21+,22-/m0/s1. The first-order chi connectivity index (χ1) is 13.1. The maximum atomic E-state index is 13.3. The van der Waals surface area contributed by atoms with E-state index in [2.05, 4.69) is 6.08 Å². The Morgan fingerprint density at radius 2 is 2.04 bits per heavy atom. The second kappa shape index (κ2) is 6.90. The largest absolute Gasteiger partial charge is 0.478 e. The van der Waals surface area contributed by atoms with E-state index in [4.69, 9.17) is 14.6 Å². The topological polar surface area (TPSA) is 89.9 Å². The van der Waals surface area contributed by atoms with Gasteiger partial charge >= 0.3 is 17.9 Å². The van der Waals surface area contributed by atoms with Crippen LogP contribution in [-0.2, 0) is 23.9 Å². The molecule has 0 aromatic rings. The average molecular weight is 388 g/mol. The average Bonchev–Trinajstić information content (AvgIpc) is 2.77. The highest BCUT2D eigenvalue weighted by Crippen LogP contribution is 2.65. The molecule has 4 atom stereocenters. The van der Waals surface area contributed by atoms with Gasteiger partial charge in [0, 0.05) is 18.4 Å². The molecule has 0 amide bonds. The van der Waals surface area contributed by atoms with Crippen molar-refractivity contribution < 1.29 is 29.0 Å². The van der Waals surface area contributed by atoms with Crippen molar-refractivity contribution >= 4 is 17.9 Å². The van der Waals surface area contributed by atoms with Crippen LogP contribution in [0.5, 0.6) is 0 Å². The number of carboxylic acid groups (broad SMARTS) is 1.